The average molecular weight is 296 g/mol. The summed E-state index contributed by atoms with van der Waals surface area (Å²) in [7, 11) is -3.62. The van der Waals surface area contributed by atoms with Gasteiger partial charge in [0.25, 0.3) is 10.0 Å². The van der Waals surface area contributed by atoms with E-state index in [-0.39, 0.29) is 11.1 Å². The second-order valence-corrected chi connectivity index (χ2v) is 6.57. The third-order valence-electron chi connectivity index (χ3n) is 3.25. The van der Waals surface area contributed by atoms with E-state index >= 15 is 0 Å². The number of hydrogen-bond donors (Lipinski definition) is 2. The van der Waals surface area contributed by atoms with Crippen molar-refractivity contribution in [3.05, 3.63) is 23.7 Å². The lowest BCUT2D eigenvalue weighted by Crippen LogP contribution is -2.33. The van der Waals surface area contributed by atoms with Crippen LogP contribution >= 0.6 is 0 Å². The van der Waals surface area contributed by atoms with Gasteiger partial charge in [-0.15, -0.1) is 0 Å². The number of rotatable bonds is 3. The molecular formula is C11H16N6O2S. The molecule has 3 heterocycles. The highest BCUT2D eigenvalue weighted by atomic mass is 32.2. The maximum absolute atomic E-state index is 12.3. The van der Waals surface area contributed by atoms with E-state index in [9.17, 15) is 8.42 Å². The average Bonchev–Trinajstić information content (AvgIpc) is 2.95. The molecule has 20 heavy (non-hydrogen) atoms. The molecule has 2 N–H and O–H groups in total. The van der Waals surface area contributed by atoms with Crippen LogP contribution < -0.4 is 4.72 Å². The predicted octanol–water partition coefficient (Wildman–Crippen LogP) is 0.431. The van der Waals surface area contributed by atoms with Crippen molar-refractivity contribution in [3.63, 3.8) is 0 Å². The van der Waals surface area contributed by atoms with E-state index in [4.69, 9.17) is 0 Å². The van der Waals surface area contributed by atoms with Gasteiger partial charge >= 0.3 is 0 Å². The summed E-state index contributed by atoms with van der Waals surface area (Å²) in [6.45, 7) is 4.28. The van der Waals surface area contributed by atoms with Crippen molar-refractivity contribution in [1.82, 2.24) is 29.5 Å². The lowest BCUT2D eigenvalue weighted by atomic mass is 10.1. The molecule has 0 radical (unpaired) electrons. The quantitative estimate of drug-likeness (QED) is 0.854. The standard InChI is InChI=1S/C11H16N6O2S/c1-7-12-6-10(13-7)20(18,19)16-9-4-3-5-17-11(9)14-8(2)15-17/h6,9,16H,3-5H2,1-2H3,(H,12,13). The van der Waals surface area contributed by atoms with Crippen LogP contribution in [0.25, 0.3) is 0 Å². The highest BCUT2D eigenvalue weighted by Crippen LogP contribution is 2.24. The molecule has 1 aliphatic heterocycles. The van der Waals surface area contributed by atoms with Crippen molar-refractivity contribution in [2.24, 2.45) is 0 Å². The lowest BCUT2D eigenvalue weighted by Gasteiger charge is -2.22. The second kappa shape index (κ2) is 4.67. The normalized spacial score (nSPS) is 19.0. The van der Waals surface area contributed by atoms with E-state index in [0.29, 0.717) is 23.9 Å². The fourth-order valence-electron chi connectivity index (χ4n) is 2.37. The molecule has 0 fully saturated rings. The molecule has 0 bridgehead atoms. The van der Waals surface area contributed by atoms with E-state index in [0.717, 1.165) is 13.0 Å². The van der Waals surface area contributed by atoms with Crippen LogP contribution in [0.1, 0.15) is 36.4 Å². The summed E-state index contributed by atoms with van der Waals surface area (Å²) in [5.74, 6) is 1.89. The molecule has 1 aliphatic rings. The molecule has 0 spiro atoms. The predicted molar refractivity (Wildman–Crippen MR) is 70.4 cm³/mol. The van der Waals surface area contributed by atoms with Gasteiger partial charge in [0.15, 0.2) is 5.03 Å². The molecule has 2 aromatic rings. The number of hydrogen-bond acceptors (Lipinski definition) is 5. The van der Waals surface area contributed by atoms with Gasteiger partial charge in [0.1, 0.15) is 17.5 Å². The minimum Gasteiger partial charge on any atom is -0.332 e. The van der Waals surface area contributed by atoms with Crippen LogP contribution in [0.2, 0.25) is 0 Å². The molecule has 1 unspecified atom stereocenters. The van der Waals surface area contributed by atoms with Crippen molar-refractivity contribution < 1.29 is 8.42 Å². The summed E-state index contributed by atoms with van der Waals surface area (Å²) in [5.41, 5.74) is 0. The largest absolute Gasteiger partial charge is 0.332 e. The smallest absolute Gasteiger partial charge is 0.258 e. The number of aromatic amines is 1. The number of aryl methyl sites for hydroxylation is 3. The molecule has 0 amide bonds. The van der Waals surface area contributed by atoms with Crippen molar-refractivity contribution in [2.75, 3.05) is 0 Å². The summed E-state index contributed by atoms with van der Waals surface area (Å²) in [4.78, 5) is 11.0. The first-order valence-corrected chi connectivity index (χ1v) is 7.89. The minimum absolute atomic E-state index is 0.0726. The minimum atomic E-state index is -3.62. The summed E-state index contributed by atoms with van der Waals surface area (Å²) in [5, 5.41) is 4.33. The van der Waals surface area contributed by atoms with Gasteiger partial charge < -0.3 is 4.98 Å². The molecule has 1 atom stereocenters. The molecule has 8 nitrogen and oxygen atoms in total. The second-order valence-electron chi connectivity index (χ2n) is 4.89. The van der Waals surface area contributed by atoms with Crippen molar-refractivity contribution in [3.8, 4) is 0 Å². The highest BCUT2D eigenvalue weighted by Gasteiger charge is 2.29. The first-order chi connectivity index (χ1) is 9.45. The molecule has 0 aliphatic carbocycles. The maximum atomic E-state index is 12.3. The Morgan fingerprint density at radius 1 is 1.45 bits per heavy atom. The van der Waals surface area contributed by atoms with Gasteiger partial charge in [0.05, 0.1) is 12.2 Å². The molecule has 2 aromatic heterocycles. The van der Waals surface area contributed by atoms with Crippen LogP contribution in [0.4, 0.5) is 0 Å². The summed E-state index contributed by atoms with van der Waals surface area (Å²) < 4.78 is 29.0. The monoisotopic (exact) mass is 296 g/mol. The van der Waals surface area contributed by atoms with Gasteiger partial charge in [-0.1, -0.05) is 0 Å². The molecule has 3 rings (SSSR count). The van der Waals surface area contributed by atoms with Crippen LogP contribution in [0.15, 0.2) is 11.2 Å². The van der Waals surface area contributed by atoms with Crippen LogP contribution in [0.5, 0.6) is 0 Å². The van der Waals surface area contributed by atoms with Gasteiger partial charge in [0.2, 0.25) is 0 Å². The van der Waals surface area contributed by atoms with Crippen molar-refractivity contribution in [1.29, 1.82) is 0 Å². The summed E-state index contributed by atoms with van der Waals surface area (Å²) >= 11 is 0. The van der Waals surface area contributed by atoms with E-state index in [1.54, 1.807) is 18.5 Å². The topological polar surface area (TPSA) is 106 Å². The zero-order valence-corrected chi connectivity index (χ0v) is 12.1. The van der Waals surface area contributed by atoms with E-state index in [1.165, 1.54) is 6.20 Å². The molecule has 0 saturated carbocycles. The molecule has 108 valence electrons. The summed E-state index contributed by atoms with van der Waals surface area (Å²) in [6, 6.07) is -0.349. The van der Waals surface area contributed by atoms with E-state index in [1.807, 2.05) is 0 Å². The van der Waals surface area contributed by atoms with Gasteiger partial charge in [0, 0.05) is 6.54 Å². The van der Waals surface area contributed by atoms with Gasteiger partial charge in [-0.3, -0.25) is 0 Å². The van der Waals surface area contributed by atoms with Crippen molar-refractivity contribution in [2.45, 2.75) is 44.3 Å². The Kier molecular flexibility index (Phi) is 3.09. The third kappa shape index (κ3) is 2.34. The fraction of sp³-hybridized carbons (Fsp3) is 0.545. The third-order valence-corrected chi connectivity index (χ3v) is 4.63. The van der Waals surface area contributed by atoms with E-state index < -0.39 is 10.0 Å². The van der Waals surface area contributed by atoms with Crippen LogP contribution in [-0.4, -0.2) is 33.2 Å². The number of aromatic nitrogens is 5. The number of fused-ring (bicyclic) bond motifs is 1. The van der Waals surface area contributed by atoms with Gasteiger partial charge in [-0.25, -0.2) is 23.1 Å². The zero-order chi connectivity index (χ0) is 14.3. The number of nitrogens with zero attached hydrogens (tertiary/aromatic N) is 4. The summed E-state index contributed by atoms with van der Waals surface area (Å²) in [6.07, 6.45) is 2.89. The number of nitrogens with one attached hydrogen (secondary N) is 2. The Morgan fingerprint density at radius 3 is 2.95 bits per heavy atom. The first kappa shape index (κ1) is 13.3. The van der Waals surface area contributed by atoms with E-state index in [2.05, 4.69) is 24.8 Å². The Hall–Kier alpha value is -1.74. The Labute approximate surface area is 116 Å². The zero-order valence-electron chi connectivity index (χ0n) is 11.3. The number of sulfonamides is 1. The Bertz CT molecular complexity index is 732. The number of H-pyrrole nitrogens is 1. The first-order valence-electron chi connectivity index (χ1n) is 6.41. The van der Waals surface area contributed by atoms with Gasteiger partial charge in [-0.05, 0) is 26.7 Å². The molecule has 9 heteroatoms. The molecule has 0 saturated heterocycles. The SMILES string of the molecule is Cc1nc2n(n1)CCCC2NS(=O)(=O)c1cnc(C)[nH]1. The highest BCUT2D eigenvalue weighted by molar-refractivity contribution is 7.89. The Balaban J connectivity index is 1.89. The van der Waals surface area contributed by atoms with Crippen molar-refractivity contribution >= 4 is 10.0 Å². The molecular weight excluding hydrogens is 280 g/mol. The maximum Gasteiger partial charge on any atom is 0.258 e. The van der Waals surface area contributed by atoms with Crippen LogP contribution in [0.3, 0.4) is 0 Å². The number of imidazole rings is 1. The Morgan fingerprint density at radius 2 is 2.25 bits per heavy atom. The molecule has 0 aromatic carbocycles. The van der Waals surface area contributed by atoms with Gasteiger partial charge in [-0.2, -0.15) is 9.82 Å². The van der Waals surface area contributed by atoms with Crippen LogP contribution in [-0.2, 0) is 16.6 Å². The lowest BCUT2D eigenvalue weighted by molar-refractivity contribution is 0.399. The van der Waals surface area contributed by atoms with Crippen LogP contribution in [0, 0.1) is 13.8 Å². The fourth-order valence-corrected chi connectivity index (χ4v) is 3.56.